The van der Waals surface area contributed by atoms with E-state index >= 15 is 0 Å². The summed E-state index contributed by atoms with van der Waals surface area (Å²) in [5.41, 5.74) is 6.27. The minimum atomic E-state index is 1.15. The van der Waals surface area contributed by atoms with E-state index in [1.54, 1.807) is 0 Å². The molecule has 0 fully saturated rings. The van der Waals surface area contributed by atoms with Crippen molar-refractivity contribution in [1.82, 2.24) is 0 Å². The first-order valence-corrected chi connectivity index (χ1v) is 7.45. The van der Waals surface area contributed by atoms with Crippen molar-refractivity contribution in [3.05, 3.63) is 82.8 Å². The van der Waals surface area contributed by atoms with Crippen LogP contribution in [-0.2, 0) is 0 Å². The molecule has 1 heteroatoms. The molecule has 0 aliphatic rings. The SMILES string of the molecule is Cc1cc(-c2ccc(-c3ccccc3)cc2)ccc1Br. The lowest BCUT2D eigenvalue weighted by molar-refractivity contribution is 1.43. The summed E-state index contributed by atoms with van der Waals surface area (Å²) < 4.78 is 1.15. The van der Waals surface area contributed by atoms with E-state index in [9.17, 15) is 0 Å². The first-order chi connectivity index (χ1) is 9.74. The summed E-state index contributed by atoms with van der Waals surface area (Å²) in [7, 11) is 0. The molecule has 0 saturated carbocycles. The fourth-order valence-electron chi connectivity index (χ4n) is 2.31. The van der Waals surface area contributed by atoms with Crippen LogP contribution < -0.4 is 0 Å². The Kier molecular flexibility index (Phi) is 3.70. The second kappa shape index (κ2) is 5.64. The van der Waals surface area contributed by atoms with Crippen LogP contribution >= 0.6 is 15.9 Å². The molecule has 3 rings (SSSR count). The maximum Gasteiger partial charge on any atom is 0.0204 e. The van der Waals surface area contributed by atoms with Gasteiger partial charge in [-0.25, -0.2) is 0 Å². The van der Waals surface area contributed by atoms with E-state index in [0.717, 1.165) is 4.47 Å². The minimum Gasteiger partial charge on any atom is -0.0622 e. The van der Waals surface area contributed by atoms with Gasteiger partial charge in [0.25, 0.3) is 0 Å². The van der Waals surface area contributed by atoms with Crippen LogP contribution in [0.4, 0.5) is 0 Å². The monoisotopic (exact) mass is 322 g/mol. The molecule has 0 bridgehead atoms. The van der Waals surface area contributed by atoms with Gasteiger partial charge in [0.1, 0.15) is 0 Å². The van der Waals surface area contributed by atoms with Gasteiger partial charge in [-0.2, -0.15) is 0 Å². The standard InChI is InChI=1S/C19H15Br/c1-14-13-18(11-12-19(14)20)17-9-7-16(8-10-17)15-5-3-2-4-6-15/h2-13H,1H3. The van der Waals surface area contributed by atoms with Gasteiger partial charge in [0.2, 0.25) is 0 Å². The van der Waals surface area contributed by atoms with Crippen LogP contribution in [0.1, 0.15) is 5.56 Å². The number of hydrogen-bond acceptors (Lipinski definition) is 0. The molecule has 0 saturated heterocycles. The van der Waals surface area contributed by atoms with Gasteiger partial charge < -0.3 is 0 Å². The number of rotatable bonds is 2. The summed E-state index contributed by atoms with van der Waals surface area (Å²) in [5, 5.41) is 0. The second-order valence-corrected chi connectivity index (χ2v) is 5.76. The van der Waals surface area contributed by atoms with Gasteiger partial charge in [0.15, 0.2) is 0 Å². The predicted molar refractivity (Wildman–Crippen MR) is 89.8 cm³/mol. The molecular weight excluding hydrogens is 308 g/mol. The molecule has 0 unspecified atom stereocenters. The summed E-state index contributed by atoms with van der Waals surface area (Å²) in [6.45, 7) is 2.12. The van der Waals surface area contributed by atoms with E-state index in [1.807, 2.05) is 6.07 Å². The summed E-state index contributed by atoms with van der Waals surface area (Å²) in [4.78, 5) is 0. The fourth-order valence-corrected chi connectivity index (χ4v) is 2.56. The zero-order chi connectivity index (χ0) is 13.9. The van der Waals surface area contributed by atoms with E-state index in [-0.39, 0.29) is 0 Å². The van der Waals surface area contributed by atoms with Gasteiger partial charge in [-0.3, -0.25) is 0 Å². The van der Waals surface area contributed by atoms with Crippen LogP contribution in [0.3, 0.4) is 0 Å². The molecule has 0 heterocycles. The lowest BCUT2D eigenvalue weighted by Crippen LogP contribution is -1.82. The van der Waals surface area contributed by atoms with E-state index in [0.29, 0.717) is 0 Å². The molecule has 98 valence electrons. The van der Waals surface area contributed by atoms with Gasteiger partial charge >= 0.3 is 0 Å². The summed E-state index contributed by atoms with van der Waals surface area (Å²) in [6, 6.07) is 25.7. The van der Waals surface area contributed by atoms with Crippen LogP contribution in [0.25, 0.3) is 22.3 Å². The highest BCUT2D eigenvalue weighted by Gasteiger charge is 2.02. The van der Waals surface area contributed by atoms with Crippen molar-refractivity contribution < 1.29 is 0 Å². The molecule has 0 aromatic heterocycles. The molecule has 0 amide bonds. The van der Waals surface area contributed by atoms with Gasteiger partial charge in [-0.15, -0.1) is 0 Å². The molecule has 0 spiro atoms. The third-order valence-electron chi connectivity index (χ3n) is 3.48. The van der Waals surface area contributed by atoms with Crippen molar-refractivity contribution in [3.8, 4) is 22.3 Å². The quantitative estimate of drug-likeness (QED) is 0.535. The van der Waals surface area contributed by atoms with Crippen LogP contribution in [0.15, 0.2) is 77.3 Å². The van der Waals surface area contributed by atoms with Crippen LogP contribution in [0, 0.1) is 6.92 Å². The molecule has 0 aliphatic carbocycles. The average molecular weight is 323 g/mol. The van der Waals surface area contributed by atoms with Crippen LogP contribution in [0.5, 0.6) is 0 Å². The molecule has 0 atom stereocenters. The average Bonchev–Trinajstić information content (AvgIpc) is 2.51. The number of benzene rings is 3. The third kappa shape index (κ3) is 2.68. The van der Waals surface area contributed by atoms with Crippen molar-refractivity contribution in [3.63, 3.8) is 0 Å². The molecule has 0 N–H and O–H groups in total. The Hall–Kier alpha value is -1.86. The lowest BCUT2D eigenvalue weighted by Gasteiger charge is -2.07. The zero-order valence-corrected chi connectivity index (χ0v) is 12.9. The molecule has 0 aliphatic heterocycles. The Labute approximate surface area is 128 Å². The van der Waals surface area contributed by atoms with Crippen molar-refractivity contribution >= 4 is 15.9 Å². The topological polar surface area (TPSA) is 0 Å². The highest BCUT2D eigenvalue weighted by Crippen LogP contribution is 2.27. The lowest BCUT2D eigenvalue weighted by atomic mass is 9.99. The van der Waals surface area contributed by atoms with E-state index in [2.05, 4.69) is 89.6 Å². The van der Waals surface area contributed by atoms with Crippen LogP contribution in [0.2, 0.25) is 0 Å². The van der Waals surface area contributed by atoms with Crippen molar-refractivity contribution in [2.45, 2.75) is 6.92 Å². The van der Waals surface area contributed by atoms with Crippen molar-refractivity contribution in [1.29, 1.82) is 0 Å². The Morgan fingerprint density at radius 1 is 0.600 bits per heavy atom. The summed E-state index contributed by atoms with van der Waals surface area (Å²) >= 11 is 3.54. The Morgan fingerprint density at radius 3 is 1.70 bits per heavy atom. The first-order valence-electron chi connectivity index (χ1n) is 6.66. The van der Waals surface area contributed by atoms with Crippen molar-refractivity contribution in [2.75, 3.05) is 0 Å². The van der Waals surface area contributed by atoms with Crippen molar-refractivity contribution in [2.24, 2.45) is 0 Å². The molecule has 20 heavy (non-hydrogen) atoms. The highest BCUT2D eigenvalue weighted by atomic mass is 79.9. The first kappa shape index (κ1) is 13.1. The maximum absolute atomic E-state index is 3.54. The Balaban J connectivity index is 1.95. The Morgan fingerprint density at radius 2 is 1.10 bits per heavy atom. The van der Waals surface area contributed by atoms with Crippen LogP contribution in [-0.4, -0.2) is 0 Å². The molecule has 3 aromatic carbocycles. The smallest absolute Gasteiger partial charge is 0.0204 e. The van der Waals surface area contributed by atoms with E-state index in [4.69, 9.17) is 0 Å². The van der Waals surface area contributed by atoms with Gasteiger partial charge in [0.05, 0.1) is 0 Å². The zero-order valence-electron chi connectivity index (χ0n) is 11.3. The Bertz CT molecular complexity index is 713. The van der Waals surface area contributed by atoms with E-state index in [1.165, 1.54) is 27.8 Å². The van der Waals surface area contributed by atoms with Gasteiger partial charge in [-0.1, -0.05) is 82.7 Å². The normalized spacial score (nSPS) is 10.5. The summed E-state index contributed by atoms with van der Waals surface area (Å²) in [5.74, 6) is 0. The molecule has 3 aromatic rings. The highest BCUT2D eigenvalue weighted by molar-refractivity contribution is 9.10. The van der Waals surface area contributed by atoms with Gasteiger partial charge in [0, 0.05) is 4.47 Å². The minimum absolute atomic E-state index is 1.15. The molecule has 0 nitrogen and oxygen atoms in total. The number of halogens is 1. The molecular formula is C19H15Br. The maximum atomic E-state index is 3.54. The number of aryl methyl sites for hydroxylation is 1. The van der Waals surface area contributed by atoms with E-state index < -0.39 is 0 Å². The molecule has 0 radical (unpaired) electrons. The predicted octanol–water partition coefficient (Wildman–Crippen LogP) is 6.09. The summed E-state index contributed by atoms with van der Waals surface area (Å²) in [6.07, 6.45) is 0. The largest absolute Gasteiger partial charge is 0.0622 e. The number of hydrogen-bond donors (Lipinski definition) is 0. The van der Waals surface area contributed by atoms with Gasteiger partial charge in [-0.05, 0) is 40.8 Å². The second-order valence-electron chi connectivity index (χ2n) is 4.91. The fraction of sp³-hybridized carbons (Fsp3) is 0.0526. The third-order valence-corrected chi connectivity index (χ3v) is 4.37.